The van der Waals surface area contributed by atoms with Crippen molar-refractivity contribution in [2.75, 3.05) is 31.2 Å². The second kappa shape index (κ2) is 7.78. The first-order valence-corrected chi connectivity index (χ1v) is 11.7. The Bertz CT molecular complexity index is 1230. The molecule has 1 amide bonds. The van der Waals surface area contributed by atoms with Gasteiger partial charge in [0.25, 0.3) is 0 Å². The predicted octanol–water partition coefficient (Wildman–Crippen LogP) is 3.48. The summed E-state index contributed by atoms with van der Waals surface area (Å²) in [5, 5.41) is 4.77. The van der Waals surface area contributed by atoms with Gasteiger partial charge in [-0.05, 0) is 54.7 Å². The number of carbonyl (C=O) groups excluding carboxylic acids is 1. The molecular formula is C26H29N5O2. The second-order valence-electron chi connectivity index (χ2n) is 9.78. The van der Waals surface area contributed by atoms with Gasteiger partial charge in [-0.2, -0.15) is 0 Å². The van der Waals surface area contributed by atoms with Crippen LogP contribution in [0.1, 0.15) is 18.4 Å². The van der Waals surface area contributed by atoms with Crippen molar-refractivity contribution in [3.8, 4) is 11.3 Å². The molecule has 1 aromatic carbocycles. The SMILES string of the molecule is COC1CN(C2C[C@@H]3C(C(=O)Nc4cc5cc(-c6ccccc6C)nc(N)c5cn4)[C@@H]3C2)C1. The molecule has 0 spiro atoms. The minimum absolute atomic E-state index is 0.0924. The molecule has 1 aliphatic heterocycles. The van der Waals surface area contributed by atoms with E-state index in [1.807, 2.05) is 30.3 Å². The molecule has 7 heteroatoms. The molecule has 1 saturated heterocycles. The fourth-order valence-corrected chi connectivity index (χ4v) is 5.87. The molecule has 4 atom stereocenters. The molecular weight excluding hydrogens is 414 g/mol. The number of aromatic nitrogens is 2. The summed E-state index contributed by atoms with van der Waals surface area (Å²) in [7, 11) is 1.78. The molecule has 3 aromatic rings. The topological polar surface area (TPSA) is 93.4 Å². The number of fused-ring (bicyclic) bond motifs is 2. The number of hydrogen-bond acceptors (Lipinski definition) is 6. The third-order valence-electron chi connectivity index (χ3n) is 7.87. The van der Waals surface area contributed by atoms with Gasteiger partial charge in [0.1, 0.15) is 11.6 Å². The number of anilines is 2. The second-order valence-corrected chi connectivity index (χ2v) is 9.78. The molecule has 0 radical (unpaired) electrons. The number of benzene rings is 1. The molecule has 0 bridgehead atoms. The average Bonchev–Trinajstić information content (AvgIpc) is 3.28. The van der Waals surface area contributed by atoms with E-state index in [-0.39, 0.29) is 11.8 Å². The summed E-state index contributed by atoms with van der Waals surface area (Å²) >= 11 is 0. The first-order chi connectivity index (χ1) is 16.0. The number of amides is 1. The van der Waals surface area contributed by atoms with E-state index in [9.17, 15) is 4.79 Å². The lowest BCUT2D eigenvalue weighted by atomic mass is 10.0. The molecule has 7 nitrogen and oxygen atoms in total. The number of carbonyl (C=O) groups is 1. The fourth-order valence-electron chi connectivity index (χ4n) is 5.87. The molecule has 33 heavy (non-hydrogen) atoms. The van der Waals surface area contributed by atoms with Crippen LogP contribution in [-0.2, 0) is 9.53 Å². The maximum absolute atomic E-state index is 13.0. The molecule has 3 heterocycles. The largest absolute Gasteiger partial charge is 0.383 e. The Kier molecular flexibility index (Phi) is 4.85. The quantitative estimate of drug-likeness (QED) is 0.627. The maximum atomic E-state index is 13.0. The molecule has 170 valence electrons. The van der Waals surface area contributed by atoms with Crippen LogP contribution in [0.2, 0.25) is 0 Å². The van der Waals surface area contributed by atoms with Gasteiger partial charge in [0.15, 0.2) is 0 Å². The van der Waals surface area contributed by atoms with Crippen LogP contribution in [0.15, 0.2) is 42.6 Å². The molecule has 2 aliphatic carbocycles. The van der Waals surface area contributed by atoms with Crippen molar-refractivity contribution >= 4 is 28.3 Å². The van der Waals surface area contributed by atoms with Crippen molar-refractivity contribution in [1.82, 2.24) is 14.9 Å². The third-order valence-corrected chi connectivity index (χ3v) is 7.87. The van der Waals surface area contributed by atoms with Crippen LogP contribution in [0.5, 0.6) is 0 Å². The normalized spacial score (nSPS) is 26.7. The Morgan fingerprint density at radius 1 is 1.18 bits per heavy atom. The average molecular weight is 444 g/mol. The monoisotopic (exact) mass is 443 g/mol. The Morgan fingerprint density at radius 3 is 2.67 bits per heavy atom. The Hall–Kier alpha value is -3.03. The maximum Gasteiger partial charge on any atom is 0.229 e. The number of nitrogen functional groups attached to an aromatic ring is 1. The van der Waals surface area contributed by atoms with Crippen molar-refractivity contribution in [2.45, 2.75) is 31.9 Å². The van der Waals surface area contributed by atoms with Gasteiger partial charge >= 0.3 is 0 Å². The lowest BCUT2D eigenvalue weighted by Crippen LogP contribution is -2.55. The number of hydrogen-bond donors (Lipinski definition) is 2. The van der Waals surface area contributed by atoms with Gasteiger partial charge in [-0.1, -0.05) is 24.3 Å². The summed E-state index contributed by atoms with van der Waals surface area (Å²) in [4.78, 5) is 24.5. The molecule has 2 saturated carbocycles. The number of nitrogens with zero attached hydrogens (tertiary/aromatic N) is 3. The van der Waals surface area contributed by atoms with E-state index in [4.69, 9.17) is 10.5 Å². The number of nitrogens with two attached hydrogens (primary N) is 1. The van der Waals surface area contributed by atoms with Crippen molar-refractivity contribution in [3.63, 3.8) is 0 Å². The Balaban J connectivity index is 1.15. The van der Waals surface area contributed by atoms with E-state index in [0.29, 0.717) is 35.6 Å². The number of rotatable bonds is 5. The van der Waals surface area contributed by atoms with Crippen LogP contribution < -0.4 is 11.1 Å². The van der Waals surface area contributed by atoms with Gasteiger partial charge in [-0.25, -0.2) is 9.97 Å². The Labute approximate surface area is 193 Å². The van der Waals surface area contributed by atoms with Crippen LogP contribution in [-0.4, -0.2) is 53.1 Å². The number of nitrogens with one attached hydrogen (secondary N) is 1. The summed E-state index contributed by atoms with van der Waals surface area (Å²) in [5.41, 5.74) is 9.25. The standard InChI is InChI=1S/C26H29N5O2/c1-14-5-3-4-6-18(14)22-7-15-8-23(28-11-21(15)25(27)29-22)30-26(32)24-19-9-16(10-20(19)24)31-12-17(13-31)33-2/h3-8,11,16-17,19-20,24H,9-10,12-13H2,1-2H3,(H2,27,29)(H,28,30,32)/t16?,19-,20+,24?. The minimum atomic E-state index is 0.0924. The summed E-state index contributed by atoms with van der Waals surface area (Å²) in [5.74, 6) is 2.23. The van der Waals surface area contributed by atoms with E-state index < -0.39 is 0 Å². The van der Waals surface area contributed by atoms with E-state index >= 15 is 0 Å². The Morgan fingerprint density at radius 2 is 1.94 bits per heavy atom. The van der Waals surface area contributed by atoms with Gasteiger partial charge in [-0.3, -0.25) is 9.69 Å². The summed E-state index contributed by atoms with van der Waals surface area (Å²) in [6, 6.07) is 12.6. The summed E-state index contributed by atoms with van der Waals surface area (Å²) in [6.45, 7) is 4.12. The van der Waals surface area contributed by atoms with Crippen LogP contribution >= 0.6 is 0 Å². The van der Waals surface area contributed by atoms with Gasteiger partial charge in [-0.15, -0.1) is 0 Å². The third kappa shape index (κ3) is 3.56. The number of ether oxygens (including phenoxy) is 1. The van der Waals surface area contributed by atoms with Crippen LogP contribution in [0.3, 0.4) is 0 Å². The minimum Gasteiger partial charge on any atom is -0.383 e. The molecule has 6 rings (SSSR count). The molecule has 3 N–H and O–H groups in total. The zero-order valence-electron chi connectivity index (χ0n) is 19.0. The van der Waals surface area contributed by atoms with Crippen LogP contribution in [0, 0.1) is 24.7 Å². The number of likely N-dealkylation sites (tertiary alicyclic amines) is 1. The summed E-state index contributed by atoms with van der Waals surface area (Å²) in [6.07, 6.45) is 4.32. The van der Waals surface area contributed by atoms with Gasteiger partial charge in [0.2, 0.25) is 5.91 Å². The van der Waals surface area contributed by atoms with Crippen molar-refractivity contribution < 1.29 is 9.53 Å². The highest BCUT2D eigenvalue weighted by molar-refractivity contribution is 5.98. The first kappa shape index (κ1) is 20.6. The van der Waals surface area contributed by atoms with E-state index in [0.717, 1.165) is 53.5 Å². The first-order valence-electron chi connectivity index (χ1n) is 11.7. The van der Waals surface area contributed by atoms with Crippen molar-refractivity contribution in [3.05, 3.63) is 48.2 Å². The molecule has 3 aliphatic rings. The van der Waals surface area contributed by atoms with Crippen LogP contribution in [0.25, 0.3) is 22.0 Å². The highest BCUT2D eigenvalue weighted by atomic mass is 16.5. The van der Waals surface area contributed by atoms with Crippen LogP contribution in [0.4, 0.5) is 11.6 Å². The predicted molar refractivity (Wildman–Crippen MR) is 129 cm³/mol. The highest BCUT2D eigenvalue weighted by Crippen LogP contribution is 2.59. The highest BCUT2D eigenvalue weighted by Gasteiger charge is 2.60. The van der Waals surface area contributed by atoms with Crippen molar-refractivity contribution in [2.24, 2.45) is 17.8 Å². The lowest BCUT2D eigenvalue weighted by molar-refractivity contribution is -0.118. The number of aryl methyl sites for hydroxylation is 1. The molecule has 3 fully saturated rings. The smallest absolute Gasteiger partial charge is 0.229 e. The van der Waals surface area contributed by atoms with Gasteiger partial charge in [0.05, 0.1) is 11.8 Å². The zero-order chi connectivity index (χ0) is 22.7. The molecule has 2 unspecified atom stereocenters. The molecule has 2 aromatic heterocycles. The number of methoxy groups -OCH3 is 1. The van der Waals surface area contributed by atoms with Crippen molar-refractivity contribution in [1.29, 1.82) is 0 Å². The zero-order valence-corrected chi connectivity index (χ0v) is 19.0. The van der Waals surface area contributed by atoms with E-state index in [2.05, 4.69) is 33.2 Å². The summed E-state index contributed by atoms with van der Waals surface area (Å²) < 4.78 is 5.39. The van der Waals surface area contributed by atoms with E-state index in [1.54, 1.807) is 13.3 Å². The fraction of sp³-hybridized carbons (Fsp3) is 0.423. The number of pyridine rings is 2. The van der Waals surface area contributed by atoms with E-state index in [1.165, 1.54) is 0 Å². The van der Waals surface area contributed by atoms with Gasteiger partial charge < -0.3 is 15.8 Å². The van der Waals surface area contributed by atoms with Gasteiger partial charge in [0, 0.05) is 49.3 Å². The lowest BCUT2D eigenvalue weighted by Gasteiger charge is -2.43.